The second-order valence-electron chi connectivity index (χ2n) is 3.58. The minimum absolute atomic E-state index is 0.350. The first kappa shape index (κ1) is 12.4. The van der Waals surface area contributed by atoms with E-state index in [1.165, 1.54) is 6.07 Å². The van der Waals surface area contributed by atoms with Crippen LogP contribution in [0.25, 0.3) is 0 Å². The number of aliphatic hydroxyl groups excluding tert-OH is 1. The summed E-state index contributed by atoms with van der Waals surface area (Å²) in [4.78, 5) is 0. The molecule has 0 aliphatic carbocycles. The average Bonchev–Trinajstić information content (AvgIpc) is 2.16. The van der Waals surface area contributed by atoms with Crippen LogP contribution in [0.2, 0.25) is 5.02 Å². The fourth-order valence-corrected chi connectivity index (χ4v) is 1.86. The maximum atomic E-state index is 13.4. The summed E-state index contributed by atoms with van der Waals surface area (Å²) in [6.45, 7) is 3.80. The van der Waals surface area contributed by atoms with E-state index in [4.69, 9.17) is 11.6 Å². The molecule has 0 bridgehead atoms. The van der Waals surface area contributed by atoms with E-state index >= 15 is 0 Å². The summed E-state index contributed by atoms with van der Waals surface area (Å²) in [6, 6.07) is 1.28. The highest BCUT2D eigenvalue weighted by Gasteiger charge is 2.17. The van der Waals surface area contributed by atoms with E-state index in [1.54, 1.807) is 20.9 Å². The molecule has 2 nitrogen and oxygen atoms in total. The average molecular weight is 232 g/mol. The Morgan fingerprint density at radius 3 is 2.60 bits per heavy atom. The fourth-order valence-electron chi connectivity index (χ4n) is 1.66. The molecule has 15 heavy (non-hydrogen) atoms. The summed E-state index contributed by atoms with van der Waals surface area (Å²) >= 11 is 5.86. The third-order valence-corrected chi connectivity index (χ3v) is 2.90. The van der Waals surface area contributed by atoms with E-state index in [2.05, 4.69) is 5.32 Å². The van der Waals surface area contributed by atoms with Gasteiger partial charge in [0.25, 0.3) is 0 Å². The number of nitrogens with one attached hydrogen (secondary N) is 1. The lowest BCUT2D eigenvalue weighted by Gasteiger charge is -2.17. The molecule has 0 amide bonds. The molecular formula is C11H15ClFNO. The van der Waals surface area contributed by atoms with Crippen LogP contribution in [0, 0.1) is 19.7 Å². The Bertz CT molecular complexity index is 342. The van der Waals surface area contributed by atoms with Crippen LogP contribution in [0.3, 0.4) is 0 Å². The molecule has 0 heterocycles. The van der Waals surface area contributed by atoms with Gasteiger partial charge in [-0.05, 0) is 43.7 Å². The second-order valence-corrected chi connectivity index (χ2v) is 3.98. The van der Waals surface area contributed by atoms with Gasteiger partial charge in [-0.15, -0.1) is 0 Å². The Hall–Kier alpha value is -0.640. The molecule has 1 rings (SSSR count). The Labute approximate surface area is 94.1 Å². The molecule has 0 aliphatic heterocycles. The van der Waals surface area contributed by atoms with Crippen LogP contribution < -0.4 is 5.32 Å². The number of hydrogen-bond donors (Lipinski definition) is 2. The van der Waals surface area contributed by atoms with Crippen molar-refractivity contribution in [3.63, 3.8) is 0 Å². The van der Waals surface area contributed by atoms with Crippen molar-refractivity contribution in [3.05, 3.63) is 33.6 Å². The molecule has 0 spiro atoms. The lowest BCUT2D eigenvalue weighted by molar-refractivity contribution is 0.176. The highest BCUT2D eigenvalue weighted by Crippen LogP contribution is 2.29. The van der Waals surface area contributed by atoms with Crippen LogP contribution in [-0.2, 0) is 0 Å². The summed E-state index contributed by atoms with van der Waals surface area (Å²) < 4.78 is 13.4. The Morgan fingerprint density at radius 2 is 2.07 bits per heavy atom. The van der Waals surface area contributed by atoms with Crippen molar-refractivity contribution in [1.82, 2.24) is 5.32 Å². The van der Waals surface area contributed by atoms with Gasteiger partial charge in [-0.3, -0.25) is 0 Å². The van der Waals surface area contributed by atoms with Crippen LogP contribution in [0.5, 0.6) is 0 Å². The summed E-state index contributed by atoms with van der Waals surface area (Å²) in [7, 11) is 1.73. The Morgan fingerprint density at radius 1 is 1.47 bits per heavy atom. The molecule has 4 heteroatoms. The van der Waals surface area contributed by atoms with Crippen LogP contribution in [0.1, 0.15) is 22.8 Å². The molecule has 0 aromatic heterocycles. The third-order valence-electron chi connectivity index (χ3n) is 2.51. The number of benzene rings is 1. The lowest BCUT2D eigenvalue weighted by atomic mass is 9.97. The maximum absolute atomic E-state index is 13.4. The zero-order valence-corrected chi connectivity index (χ0v) is 9.82. The number of rotatable bonds is 3. The number of likely N-dealkylation sites (N-methyl/N-ethyl adjacent to an activating group) is 1. The smallest absolute Gasteiger partial charge is 0.127 e. The molecule has 1 unspecified atom stereocenters. The van der Waals surface area contributed by atoms with Crippen molar-refractivity contribution in [1.29, 1.82) is 0 Å². The van der Waals surface area contributed by atoms with E-state index in [0.717, 1.165) is 5.56 Å². The second kappa shape index (κ2) is 4.92. The van der Waals surface area contributed by atoms with Crippen molar-refractivity contribution >= 4 is 11.6 Å². The topological polar surface area (TPSA) is 32.3 Å². The molecule has 0 saturated heterocycles. The Balaban J connectivity index is 3.26. The van der Waals surface area contributed by atoms with Gasteiger partial charge in [0, 0.05) is 11.6 Å². The van der Waals surface area contributed by atoms with Crippen molar-refractivity contribution in [3.8, 4) is 0 Å². The van der Waals surface area contributed by atoms with Crippen molar-refractivity contribution in [2.24, 2.45) is 0 Å². The first-order chi connectivity index (χ1) is 6.99. The van der Waals surface area contributed by atoms with Gasteiger partial charge >= 0.3 is 0 Å². The first-order valence-corrected chi connectivity index (χ1v) is 5.14. The van der Waals surface area contributed by atoms with Crippen LogP contribution >= 0.6 is 11.6 Å². The van der Waals surface area contributed by atoms with E-state index < -0.39 is 6.10 Å². The largest absolute Gasteiger partial charge is 0.387 e. The van der Waals surface area contributed by atoms with Crippen LogP contribution in [0.15, 0.2) is 6.07 Å². The predicted octanol–water partition coefficient (Wildman–Crippen LogP) is 2.35. The minimum Gasteiger partial charge on any atom is -0.387 e. The zero-order chi connectivity index (χ0) is 11.6. The van der Waals surface area contributed by atoms with Crippen molar-refractivity contribution in [2.75, 3.05) is 13.6 Å². The van der Waals surface area contributed by atoms with Gasteiger partial charge in [0.05, 0.1) is 6.10 Å². The summed E-state index contributed by atoms with van der Waals surface area (Å²) in [5.74, 6) is -0.379. The molecule has 0 aliphatic rings. The molecule has 2 N–H and O–H groups in total. The quantitative estimate of drug-likeness (QED) is 0.837. The van der Waals surface area contributed by atoms with Gasteiger partial charge in [0.1, 0.15) is 5.82 Å². The zero-order valence-electron chi connectivity index (χ0n) is 9.06. The van der Waals surface area contributed by atoms with Gasteiger partial charge in [0.15, 0.2) is 0 Å². The molecule has 1 aromatic rings. The fraction of sp³-hybridized carbons (Fsp3) is 0.455. The maximum Gasteiger partial charge on any atom is 0.127 e. The third kappa shape index (κ3) is 2.48. The molecular weight excluding hydrogens is 217 g/mol. The van der Waals surface area contributed by atoms with Gasteiger partial charge in [-0.25, -0.2) is 4.39 Å². The first-order valence-electron chi connectivity index (χ1n) is 4.76. The van der Waals surface area contributed by atoms with Gasteiger partial charge in [-0.1, -0.05) is 11.6 Å². The van der Waals surface area contributed by atoms with Crippen molar-refractivity contribution < 1.29 is 9.50 Å². The molecule has 1 atom stereocenters. The molecule has 1 aromatic carbocycles. The molecule has 0 radical (unpaired) electrons. The van der Waals surface area contributed by atoms with E-state index in [-0.39, 0.29) is 5.82 Å². The summed E-state index contributed by atoms with van der Waals surface area (Å²) in [5.41, 5.74) is 1.77. The summed E-state index contributed by atoms with van der Waals surface area (Å²) in [5, 5.41) is 13.0. The highest BCUT2D eigenvalue weighted by molar-refractivity contribution is 6.31. The number of aliphatic hydroxyl groups is 1. The highest BCUT2D eigenvalue weighted by atomic mass is 35.5. The van der Waals surface area contributed by atoms with Crippen molar-refractivity contribution in [2.45, 2.75) is 20.0 Å². The van der Waals surface area contributed by atoms with Gasteiger partial charge in [0.2, 0.25) is 0 Å². The van der Waals surface area contributed by atoms with Crippen LogP contribution in [0.4, 0.5) is 4.39 Å². The van der Waals surface area contributed by atoms with E-state index in [0.29, 0.717) is 22.7 Å². The minimum atomic E-state index is -0.733. The van der Waals surface area contributed by atoms with E-state index in [1.807, 2.05) is 0 Å². The summed E-state index contributed by atoms with van der Waals surface area (Å²) in [6.07, 6.45) is -0.733. The van der Waals surface area contributed by atoms with Gasteiger partial charge in [-0.2, -0.15) is 0 Å². The standard InChI is InChI=1S/C11H15ClFNO/c1-6-8(12)4-9(13)7(2)11(6)10(15)5-14-3/h4,10,14-15H,5H2,1-3H3. The SMILES string of the molecule is CNCC(O)c1c(C)c(F)cc(Cl)c1C. The molecule has 0 saturated carbocycles. The predicted molar refractivity (Wildman–Crippen MR) is 59.8 cm³/mol. The Kier molecular flexibility index (Phi) is 4.08. The molecule has 0 fully saturated rings. The monoisotopic (exact) mass is 231 g/mol. The number of hydrogen-bond acceptors (Lipinski definition) is 2. The molecule has 84 valence electrons. The van der Waals surface area contributed by atoms with Crippen LogP contribution in [-0.4, -0.2) is 18.7 Å². The lowest BCUT2D eigenvalue weighted by Crippen LogP contribution is -2.19. The normalized spacial score (nSPS) is 12.9. The van der Waals surface area contributed by atoms with Gasteiger partial charge < -0.3 is 10.4 Å². The van der Waals surface area contributed by atoms with E-state index in [9.17, 15) is 9.50 Å². The number of halogens is 2.